The predicted molar refractivity (Wildman–Crippen MR) is 171 cm³/mol. The van der Waals surface area contributed by atoms with E-state index in [-0.39, 0.29) is 24.0 Å². The molecule has 3 atom stereocenters. The average Bonchev–Trinajstić information content (AvgIpc) is 3.81. The monoisotopic (exact) mass is 638 g/mol. The number of anilines is 3. The standard InChI is InChI=1S/C30H32Cl2N8O4/c1-4-26(41)38-22-14-40(18-11-34-35-12-18)13-21(22)37-25-8-19-16(10-33-25)7-20(39-30(19)36-17-5-6-44-15-17)27-28(31)23(42-2)9-24(43-3)29(27)32/h4,7-12,17,21-22H,1,5-6,13-15H2,2-3H3,(H,33,37)(H,34,35)(H,36,39)(H,38,41)/t17?,21-,22+/m1/s1. The van der Waals surface area contributed by atoms with E-state index >= 15 is 0 Å². The summed E-state index contributed by atoms with van der Waals surface area (Å²) in [5, 5.41) is 19.3. The van der Waals surface area contributed by atoms with Crippen molar-refractivity contribution in [2.24, 2.45) is 0 Å². The van der Waals surface area contributed by atoms with Crippen LogP contribution in [0.1, 0.15) is 6.42 Å². The van der Waals surface area contributed by atoms with Crippen LogP contribution in [0.15, 0.2) is 49.4 Å². The number of aromatic nitrogens is 4. The topological polar surface area (TPSA) is 139 Å². The molecule has 4 aromatic rings. The molecule has 44 heavy (non-hydrogen) atoms. The number of pyridine rings is 2. The Kier molecular flexibility index (Phi) is 8.65. The number of carbonyl (C=O) groups excluding carboxylic acids is 1. The molecule has 230 valence electrons. The van der Waals surface area contributed by atoms with Crippen LogP contribution in [0.4, 0.5) is 17.3 Å². The minimum Gasteiger partial charge on any atom is -0.495 e. The molecule has 3 aromatic heterocycles. The van der Waals surface area contributed by atoms with Gasteiger partial charge in [-0.2, -0.15) is 5.10 Å². The van der Waals surface area contributed by atoms with Gasteiger partial charge in [0.05, 0.1) is 66.6 Å². The second kappa shape index (κ2) is 12.8. The summed E-state index contributed by atoms with van der Waals surface area (Å²) in [6, 6.07) is 5.21. The Morgan fingerprint density at radius 3 is 2.55 bits per heavy atom. The summed E-state index contributed by atoms with van der Waals surface area (Å²) in [6.07, 6.45) is 7.48. The van der Waals surface area contributed by atoms with Gasteiger partial charge in [-0.15, -0.1) is 0 Å². The van der Waals surface area contributed by atoms with Gasteiger partial charge in [-0.1, -0.05) is 29.8 Å². The molecule has 1 aromatic carbocycles. The van der Waals surface area contributed by atoms with E-state index in [4.69, 9.17) is 47.4 Å². The van der Waals surface area contributed by atoms with Crippen LogP contribution < -0.4 is 30.3 Å². The summed E-state index contributed by atoms with van der Waals surface area (Å²) in [5.74, 6) is 1.86. The van der Waals surface area contributed by atoms with Crippen LogP contribution in [0.2, 0.25) is 10.0 Å². The zero-order valence-electron chi connectivity index (χ0n) is 24.2. The number of rotatable bonds is 10. The summed E-state index contributed by atoms with van der Waals surface area (Å²) >= 11 is 13.5. The quantitative estimate of drug-likeness (QED) is 0.183. The number of nitrogens with zero attached hydrogens (tertiary/aromatic N) is 4. The fraction of sp³-hybridized carbons (Fsp3) is 0.333. The third-order valence-electron chi connectivity index (χ3n) is 7.83. The molecule has 2 fully saturated rings. The Bertz CT molecular complexity index is 1650. The average molecular weight is 640 g/mol. The summed E-state index contributed by atoms with van der Waals surface area (Å²) in [6.45, 7) is 6.05. The number of halogens is 2. The van der Waals surface area contributed by atoms with Crippen molar-refractivity contribution >= 4 is 57.2 Å². The number of aromatic amines is 1. The van der Waals surface area contributed by atoms with Crippen LogP contribution in [0.5, 0.6) is 11.5 Å². The highest BCUT2D eigenvalue weighted by Crippen LogP contribution is 2.46. The van der Waals surface area contributed by atoms with Crippen molar-refractivity contribution in [1.82, 2.24) is 25.5 Å². The number of nitrogens with one attached hydrogen (secondary N) is 4. The Morgan fingerprint density at radius 2 is 1.89 bits per heavy atom. The molecule has 0 saturated carbocycles. The van der Waals surface area contributed by atoms with Gasteiger partial charge < -0.3 is 35.1 Å². The Balaban J connectivity index is 1.39. The van der Waals surface area contributed by atoms with Gasteiger partial charge in [0.1, 0.15) is 23.1 Å². The van der Waals surface area contributed by atoms with Crippen molar-refractivity contribution in [2.75, 3.05) is 56.1 Å². The minimum absolute atomic E-state index is 0.0770. The van der Waals surface area contributed by atoms with Gasteiger partial charge in [-0.3, -0.25) is 9.89 Å². The van der Waals surface area contributed by atoms with Gasteiger partial charge in [0.15, 0.2) is 0 Å². The summed E-state index contributed by atoms with van der Waals surface area (Å²) in [7, 11) is 3.06. The Labute approximate surface area is 264 Å². The zero-order valence-corrected chi connectivity index (χ0v) is 25.7. The highest BCUT2D eigenvalue weighted by Gasteiger charge is 2.34. The van der Waals surface area contributed by atoms with Crippen molar-refractivity contribution in [3.8, 4) is 22.8 Å². The summed E-state index contributed by atoms with van der Waals surface area (Å²) in [5.41, 5.74) is 1.96. The molecule has 5 heterocycles. The van der Waals surface area contributed by atoms with Gasteiger partial charge in [0, 0.05) is 54.5 Å². The number of methoxy groups -OCH3 is 2. The smallest absolute Gasteiger partial charge is 0.243 e. The third kappa shape index (κ3) is 5.92. The highest BCUT2D eigenvalue weighted by molar-refractivity contribution is 6.41. The zero-order chi connectivity index (χ0) is 30.8. The minimum atomic E-state index is -0.240. The number of fused-ring (bicyclic) bond motifs is 1. The Hall–Kier alpha value is -4.26. The molecule has 4 N–H and O–H groups in total. The molecule has 1 unspecified atom stereocenters. The highest BCUT2D eigenvalue weighted by atomic mass is 35.5. The fourth-order valence-electron chi connectivity index (χ4n) is 5.57. The molecule has 0 aliphatic carbocycles. The summed E-state index contributed by atoms with van der Waals surface area (Å²) < 4.78 is 16.6. The Morgan fingerprint density at radius 1 is 1.11 bits per heavy atom. The maximum atomic E-state index is 12.2. The lowest BCUT2D eigenvalue weighted by molar-refractivity contribution is -0.117. The number of hydrogen-bond donors (Lipinski definition) is 4. The van der Waals surface area contributed by atoms with Crippen molar-refractivity contribution in [3.05, 3.63) is 59.5 Å². The van der Waals surface area contributed by atoms with Crippen LogP contribution in [-0.4, -0.2) is 84.7 Å². The molecule has 0 radical (unpaired) electrons. The number of amides is 1. The van der Waals surface area contributed by atoms with E-state index in [2.05, 4.69) is 37.6 Å². The van der Waals surface area contributed by atoms with Crippen LogP contribution in [0.3, 0.4) is 0 Å². The van der Waals surface area contributed by atoms with Crippen LogP contribution in [-0.2, 0) is 9.53 Å². The fourth-order valence-corrected chi connectivity index (χ4v) is 6.27. The number of ether oxygens (including phenoxy) is 3. The predicted octanol–water partition coefficient (Wildman–Crippen LogP) is 4.52. The molecule has 6 rings (SSSR count). The molecule has 0 bridgehead atoms. The second-order valence-corrected chi connectivity index (χ2v) is 11.3. The molecule has 2 aliphatic rings. The van der Waals surface area contributed by atoms with Crippen LogP contribution in [0, 0.1) is 0 Å². The van der Waals surface area contributed by atoms with E-state index in [1.54, 1.807) is 18.5 Å². The van der Waals surface area contributed by atoms with Gasteiger partial charge in [-0.25, -0.2) is 9.97 Å². The first-order chi connectivity index (χ1) is 21.4. The first-order valence-corrected chi connectivity index (χ1v) is 14.8. The van der Waals surface area contributed by atoms with Gasteiger partial charge in [0.25, 0.3) is 0 Å². The second-order valence-electron chi connectivity index (χ2n) is 10.6. The van der Waals surface area contributed by atoms with Crippen LogP contribution in [0.25, 0.3) is 22.0 Å². The van der Waals surface area contributed by atoms with Crippen LogP contribution >= 0.6 is 23.2 Å². The van der Waals surface area contributed by atoms with E-state index < -0.39 is 0 Å². The van der Waals surface area contributed by atoms with Gasteiger partial charge in [-0.05, 0) is 24.6 Å². The van der Waals surface area contributed by atoms with Gasteiger partial charge >= 0.3 is 0 Å². The van der Waals surface area contributed by atoms with Gasteiger partial charge in [0.2, 0.25) is 5.91 Å². The molecule has 12 nitrogen and oxygen atoms in total. The normalized spacial score (nSPS) is 19.6. The third-order valence-corrected chi connectivity index (χ3v) is 8.58. The molecule has 0 spiro atoms. The lowest BCUT2D eigenvalue weighted by atomic mass is 10.1. The molecular weight excluding hydrogens is 607 g/mol. The lowest BCUT2D eigenvalue weighted by Crippen LogP contribution is -2.45. The first kappa shape index (κ1) is 29.8. The lowest BCUT2D eigenvalue weighted by Gasteiger charge is -2.22. The van der Waals surface area contributed by atoms with Crippen molar-refractivity contribution in [2.45, 2.75) is 24.5 Å². The largest absolute Gasteiger partial charge is 0.495 e. The molecule has 14 heteroatoms. The van der Waals surface area contributed by atoms with E-state index in [0.717, 1.165) is 22.9 Å². The maximum Gasteiger partial charge on any atom is 0.243 e. The molecule has 2 aliphatic heterocycles. The SMILES string of the molecule is C=CC(=O)N[C@H]1CN(c2cn[nH]c2)C[C@H]1Nc1cc2c(NC3CCOC3)nc(-c3c(Cl)c(OC)cc(OC)c3Cl)cc2cn1. The van der Waals surface area contributed by atoms with Crippen molar-refractivity contribution in [1.29, 1.82) is 0 Å². The number of benzene rings is 1. The maximum absolute atomic E-state index is 12.2. The van der Waals surface area contributed by atoms with E-state index in [0.29, 0.717) is 70.7 Å². The molecule has 1 amide bonds. The first-order valence-electron chi connectivity index (χ1n) is 14.1. The van der Waals surface area contributed by atoms with Crippen molar-refractivity contribution in [3.63, 3.8) is 0 Å². The summed E-state index contributed by atoms with van der Waals surface area (Å²) in [4.78, 5) is 24.1. The molecule has 2 saturated heterocycles. The van der Waals surface area contributed by atoms with E-state index in [1.807, 2.05) is 18.3 Å². The van der Waals surface area contributed by atoms with E-state index in [1.165, 1.54) is 20.3 Å². The number of carbonyl (C=O) groups is 1. The van der Waals surface area contributed by atoms with Crippen molar-refractivity contribution < 1.29 is 19.0 Å². The number of H-pyrrole nitrogens is 1. The number of hydrogen-bond acceptors (Lipinski definition) is 10. The molecular formula is C30H32Cl2N8O4. The van der Waals surface area contributed by atoms with E-state index in [9.17, 15) is 4.79 Å².